The number of aromatic nitrogens is 2. The molecule has 0 spiro atoms. The van der Waals surface area contributed by atoms with Crippen molar-refractivity contribution in [3.8, 4) is 0 Å². The van der Waals surface area contributed by atoms with Crippen LogP contribution in [0.4, 0.5) is 5.69 Å². The summed E-state index contributed by atoms with van der Waals surface area (Å²) < 4.78 is 1.05. The van der Waals surface area contributed by atoms with Crippen molar-refractivity contribution in [3.05, 3.63) is 45.0 Å². The summed E-state index contributed by atoms with van der Waals surface area (Å²) in [6, 6.07) is 3.71. The first kappa shape index (κ1) is 11.7. The molecule has 1 aromatic heterocycles. The van der Waals surface area contributed by atoms with Crippen molar-refractivity contribution >= 4 is 22.5 Å². The van der Waals surface area contributed by atoms with E-state index < -0.39 is 16.4 Å². The van der Waals surface area contributed by atoms with Crippen LogP contribution in [-0.4, -0.2) is 20.4 Å². The van der Waals surface area contributed by atoms with E-state index in [-0.39, 0.29) is 23.1 Å². The molecule has 2 rings (SSSR count). The summed E-state index contributed by atoms with van der Waals surface area (Å²) in [6.07, 6.45) is 1.14. The Balaban J connectivity index is 2.62. The molecule has 0 unspecified atom stereocenters. The van der Waals surface area contributed by atoms with Gasteiger partial charge < -0.3 is 5.73 Å². The predicted octanol–water partition coefficient (Wildman–Crippen LogP) is -0.210. The number of nitro benzene ring substituents is 1. The Morgan fingerprint density at radius 1 is 1.50 bits per heavy atom. The summed E-state index contributed by atoms with van der Waals surface area (Å²) in [4.78, 5) is 36.5. The number of primary amides is 1. The molecule has 0 fully saturated rings. The topological polar surface area (TPSA) is 121 Å². The van der Waals surface area contributed by atoms with Crippen LogP contribution in [-0.2, 0) is 11.3 Å². The molecule has 92 valence electrons. The Labute approximate surface area is 99.8 Å². The van der Waals surface area contributed by atoms with Gasteiger partial charge in [-0.2, -0.15) is 0 Å². The number of hydrogen-bond donors (Lipinski definition) is 1. The highest BCUT2D eigenvalue weighted by Gasteiger charge is 2.10. The normalized spacial score (nSPS) is 10.4. The molecule has 0 atom stereocenters. The number of benzene rings is 1. The largest absolute Gasteiger partial charge is 0.368 e. The van der Waals surface area contributed by atoms with Crippen LogP contribution in [0.2, 0.25) is 0 Å². The summed E-state index contributed by atoms with van der Waals surface area (Å²) in [5.41, 5.74) is 4.57. The van der Waals surface area contributed by atoms with Gasteiger partial charge in [0.25, 0.3) is 11.2 Å². The third-order valence-electron chi connectivity index (χ3n) is 2.35. The van der Waals surface area contributed by atoms with Gasteiger partial charge in [-0.1, -0.05) is 0 Å². The number of fused-ring (bicyclic) bond motifs is 1. The zero-order valence-corrected chi connectivity index (χ0v) is 9.07. The predicted molar refractivity (Wildman–Crippen MR) is 61.9 cm³/mol. The Bertz CT molecular complexity index is 707. The van der Waals surface area contributed by atoms with Gasteiger partial charge in [0.05, 0.1) is 22.2 Å². The lowest BCUT2D eigenvalue weighted by Gasteiger charge is -2.03. The lowest BCUT2D eigenvalue weighted by molar-refractivity contribution is -0.384. The van der Waals surface area contributed by atoms with Crippen LogP contribution in [0.15, 0.2) is 29.3 Å². The molecule has 8 heteroatoms. The third-order valence-corrected chi connectivity index (χ3v) is 2.35. The van der Waals surface area contributed by atoms with E-state index in [1.54, 1.807) is 0 Å². The fourth-order valence-electron chi connectivity index (χ4n) is 1.54. The van der Waals surface area contributed by atoms with Crippen molar-refractivity contribution < 1.29 is 9.72 Å². The molecule has 1 aromatic carbocycles. The number of nitrogens with two attached hydrogens (primary N) is 1. The number of rotatable bonds is 3. The number of nitrogens with zero attached hydrogens (tertiary/aromatic N) is 3. The van der Waals surface area contributed by atoms with Crippen LogP contribution >= 0.6 is 0 Å². The van der Waals surface area contributed by atoms with E-state index in [0.717, 1.165) is 10.9 Å². The van der Waals surface area contributed by atoms with Gasteiger partial charge in [0, 0.05) is 12.1 Å². The zero-order chi connectivity index (χ0) is 13.3. The number of hydrogen-bond acceptors (Lipinski definition) is 5. The van der Waals surface area contributed by atoms with Gasteiger partial charge in [-0.15, -0.1) is 0 Å². The molecule has 8 nitrogen and oxygen atoms in total. The molecule has 0 radical (unpaired) electrons. The first-order chi connectivity index (χ1) is 8.49. The molecule has 0 bridgehead atoms. The third kappa shape index (κ3) is 2.03. The Kier molecular flexibility index (Phi) is 2.76. The SMILES string of the molecule is NC(=O)Cn1cnc2cc([N+](=O)[O-])ccc2c1=O. The highest BCUT2D eigenvalue weighted by molar-refractivity contribution is 5.80. The summed E-state index contributed by atoms with van der Waals surface area (Å²) in [5, 5.41) is 10.8. The lowest BCUT2D eigenvalue weighted by atomic mass is 10.2. The highest BCUT2D eigenvalue weighted by atomic mass is 16.6. The maximum absolute atomic E-state index is 11.9. The number of non-ortho nitro benzene ring substituents is 1. The van der Waals surface area contributed by atoms with E-state index in [4.69, 9.17) is 5.73 Å². The molecule has 18 heavy (non-hydrogen) atoms. The van der Waals surface area contributed by atoms with E-state index in [0.29, 0.717) is 0 Å². The fourth-order valence-corrected chi connectivity index (χ4v) is 1.54. The van der Waals surface area contributed by atoms with Crippen LogP contribution in [0.1, 0.15) is 0 Å². The molecule has 1 heterocycles. The quantitative estimate of drug-likeness (QED) is 0.595. The molecule has 0 saturated heterocycles. The molecule has 2 N–H and O–H groups in total. The van der Waals surface area contributed by atoms with Crippen LogP contribution < -0.4 is 11.3 Å². The van der Waals surface area contributed by atoms with Crippen molar-refractivity contribution in [3.63, 3.8) is 0 Å². The second kappa shape index (κ2) is 4.24. The average Bonchev–Trinajstić information content (AvgIpc) is 2.32. The Morgan fingerprint density at radius 2 is 2.22 bits per heavy atom. The number of carbonyl (C=O) groups is 1. The van der Waals surface area contributed by atoms with E-state index in [1.807, 2.05) is 0 Å². The molecule has 2 aromatic rings. The van der Waals surface area contributed by atoms with E-state index >= 15 is 0 Å². The average molecular weight is 248 g/mol. The van der Waals surface area contributed by atoms with Crippen molar-refractivity contribution in [1.29, 1.82) is 0 Å². The second-order valence-electron chi connectivity index (χ2n) is 3.60. The molecular formula is C10H8N4O4. The summed E-state index contributed by atoms with van der Waals surface area (Å²) in [5.74, 6) is -0.667. The summed E-state index contributed by atoms with van der Waals surface area (Å²) in [7, 11) is 0. The maximum Gasteiger partial charge on any atom is 0.271 e. The van der Waals surface area contributed by atoms with E-state index in [2.05, 4.69) is 4.98 Å². The minimum absolute atomic E-state index is 0.151. The van der Waals surface area contributed by atoms with Crippen LogP contribution in [0.3, 0.4) is 0 Å². The van der Waals surface area contributed by atoms with Gasteiger partial charge in [-0.3, -0.25) is 24.3 Å². The van der Waals surface area contributed by atoms with Crippen molar-refractivity contribution in [1.82, 2.24) is 9.55 Å². The van der Waals surface area contributed by atoms with Gasteiger partial charge in [0.1, 0.15) is 6.54 Å². The van der Waals surface area contributed by atoms with Crippen molar-refractivity contribution in [2.24, 2.45) is 5.73 Å². The van der Waals surface area contributed by atoms with Crippen LogP contribution in [0, 0.1) is 10.1 Å². The fraction of sp³-hybridized carbons (Fsp3) is 0.100. The highest BCUT2D eigenvalue weighted by Crippen LogP contribution is 2.16. The minimum atomic E-state index is -0.667. The first-order valence-electron chi connectivity index (χ1n) is 4.91. The number of carbonyl (C=O) groups excluding carboxylic acids is 1. The molecular weight excluding hydrogens is 240 g/mol. The lowest BCUT2D eigenvalue weighted by Crippen LogP contribution is -2.28. The second-order valence-corrected chi connectivity index (χ2v) is 3.60. The Morgan fingerprint density at radius 3 is 2.83 bits per heavy atom. The molecule has 0 aliphatic rings. The van der Waals surface area contributed by atoms with Crippen molar-refractivity contribution in [2.45, 2.75) is 6.54 Å². The molecule has 0 aliphatic heterocycles. The van der Waals surface area contributed by atoms with Gasteiger partial charge >= 0.3 is 0 Å². The first-order valence-corrected chi connectivity index (χ1v) is 4.91. The summed E-state index contributed by atoms with van der Waals surface area (Å²) >= 11 is 0. The monoisotopic (exact) mass is 248 g/mol. The minimum Gasteiger partial charge on any atom is -0.368 e. The molecule has 1 amide bonds. The standard InChI is InChI=1S/C10H8N4O4/c11-9(15)4-13-5-12-8-3-6(14(17)18)1-2-7(8)10(13)16/h1-3,5H,4H2,(H2,11,15). The Hall–Kier alpha value is -2.77. The van der Waals surface area contributed by atoms with Gasteiger partial charge in [0.2, 0.25) is 5.91 Å². The van der Waals surface area contributed by atoms with Gasteiger partial charge in [-0.05, 0) is 6.07 Å². The number of amides is 1. The van der Waals surface area contributed by atoms with Crippen molar-refractivity contribution in [2.75, 3.05) is 0 Å². The van der Waals surface area contributed by atoms with E-state index in [9.17, 15) is 19.7 Å². The van der Waals surface area contributed by atoms with Gasteiger partial charge in [-0.25, -0.2) is 4.98 Å². The smallest absolute Gasteiger partial charge is 0.271 e. The van der Waals surface area contributed by atoms with Crippen LogP contribution in [0.5, 0.6) is 0 Å². The maximum atomic E-state index is 11.9. The van der Waals surface area contributed by atoms with Gasteiger partial charge in [0.15, 0.2) is 0 Å². The van der Waals surface area contributed by atoms with E-state index in [1.165, 1.54) is 18.2 Å². The molecule has 0 saturated carbocycles. The summed E-state index contributed by atoms with van der Waals surface area (Å²) in [6.45, 7) is -0.279. The molecule has 0 aliphatic carbocycles. The zero-order valence-electron chi connectivity index (χ0n) is 9.07. The number of nitro groups is 1. The van der Waals surface area contributed by atoms with Crippen LogP contribution in [0.25, 0.3) is 10.9 Å².